The Balaban J connectivity index is 3.85. The first-order valence-corrected chi connectivity index (χ1v) is 3.05. The maximum absolute atomic E-state index is 10.3. The number of alkyl halides is 2. The summed E-state index contributed by atoms with van der Waals surface area (Å²) in [5, 5.41) is 8.27. The zero-order valence-electron chi connectivity index (χ0n) is 4.60. The molecule has 0 aliphatic rings. The minimum absolute atomic E-state index is 0.0363. The van der Waals surface area contributed by atoms with Crippen molar-refractivity contribution in [3.63, 3.8) is 0 Å². The van der Waals surface area contributed by atoms with Crippen LogP contribution in [0.4, 0.5) is 0 Å². The van der Waals surface area contributed by atoms with Gasteiger partial charge in [0.15, 0.2) is 4.33 Å². The maximum atomic E-state index is 10.3. The molecule has 5 heteroatoms. The highest BCUT2D eigenvalue weighted by Gasteiger charge is 2.30. The van der Waals surface area contributed by atoms with Gasteiger partial charge in [0, 0.05) is 13.0 Å². The van der Waals surface area contributed by atoms with Crippen LogP contribution in [0.3, 0.4) is 0 Å². The molecule has 0 saturated carbocycles. The van der Waals surface area contributed by atoms with Crippen molar-refractivity contribution in [2.24, 2.45) is 5.73 Å². The van der Waals surface area contributed by atoms with Crippen LogP contribution in [-0.2, 0) is 4.79 Å². The third kappa shape index (κ3) is 2.89. The zero-order chi connectivity index (χ0) is 7.49. The third-order valence-electron chi connectivity index (χ3n) is 0.786. The number of rotatable bonds is 3. The Morgan fingerprint density at radius 2 is 2.11 bits per heavy atom. The van der Waals surface area contributed by atoms with Gasteiger partial charge in [0.05, 0.1) is 0 Å². The minimum Gasteiger partial charge on any atom is -0.396 e. The fraction of sp³-hybridized carbons (Fsp3) is 0.750. The van der Waals surface area contributed by atoms with E-state index < -0.39 is 10.2 Å². The molecular weight excluding hydrogens is 165 g/mol. The Morgan fingerprint density at radius 3 is 2.22 bits per heavy atom. The zero-order valence-corrected chi connectivity index (χ0v) is 6.11. The summed E-state index contributed by atoms with van der Waals surface area (Å²) in [5.41, 5.74) is 4.74. The van der Waals surface area contributed by atoms with Gasteiger partial charge in [0.2, 0.25) is 0 Å². The van der Waals surface area contributed by atoms with Crippen molar-refractivity contribution in [2.75, 3.05) is 6.61 Å². The van der Waals surface area contributed by atoms with E-state index in [1.165, 1.54) is 0 Å². The second-order valence-electron chi connectivity index (χ2n) is 1.54. The number of amides is 1. The average molecular weight is 172 g/mol. The molecule has 0 aromatic rings. The van der Waals surface area contributed by atoms with Gasteiger partial charge in [-0.25, -0.2) is 0 Å². The molecule has 0 unspecified atom stereocenters. The molecule has 0 heterocycles. The van der Waals surface area contributed by atoms with Crippen molar-refractivity contribution < 1.29 is 9.90 Å². The summed E-state index contributed by atoms with van der Waals surface area (Å²) in [6.07, 6.45) is -0.0363. The molecule has 1 amide bonds. The van der Waals surface area contributed by atoms with Crippen LogP contribution in [0.25, 0.3) is 0 Å². The molecule has 0 bridgehead atoms. The standard InChI is InChI=1S/C4H7Cl2NO2/c5-4(6,1-2-8)3(7)9/h8H,1-2H2,(H2,7,9). The molecule has 0 fully saturated rings. The van der Waals surface area contributed by atoms with Crippen LogP contribution in [0.15, 0.2) is 0 Å². The number of carbonyl (C=O) groups is 1. The number of aliphatic hydroxyl groups excluding tert-OH is 1. The highest BCUT2D eigenvalue weighted by Crippen LogP contribution is 2.23. The molecule has 0 aromatic carbocycles. The van der Waals surface area contributed by atoms with Gasteiger partial charge in [0.1, 0.15) is 0 Å². The molecule has 0 rings (SSSR count). The monoisotopic (exact) mass is 171 g/mol. The van der Waals surface area contributed by atoms with Gasteiger partial charge in [-0.3, -0.25) is 4.79 Å². The Hall–Kier alpha value is 0.01000. The van der Waals surface area contributed by atoms with E-state index in [-0.39, 0.29) is 13.0 Å². The Bertz CT molecular complexity index is 115. The smallest absolute Gasteiger partial charge is 0.253 e. The fourth-order valence-corrected chi connectivity index (χ4v) is 0.433. The average Bonchev–Trinajstić information content (AvgIpc) is 1.65. The Kier molecular flexibility index (Phi) is 3.25. The van der Waals surface area contributed by atoms with Gasteiger partial charge < -0.3 is 10.8 Å². The molecule has 3 nitrogen and oxygen atoms in total. The molecule has 0 spiro atoms. The highest BCUT2D eigenvalue weighted by atomic mass is 35.5. The van der Waals surface area contributed by atoms with Crippen molar-refractivity contribution in [3.8, 4) is 0 Å². The summed E-state index contributed by atoms with van der Waals surface area (Å²) in [5.74, 6) is -0.833. The van der Waals surface area contributed by atoms with E-state index in [4.69, 9.17) is 34.0 Å². The summed E-state index contributed by atoms with van der Waals surface area (Å²) in [6, 6.07) is 0. The summed E-state index contributed by atoms with van der Waals surface area (Å²) in [7, 11) is 0. The Morgan fingerprint density at radius 1 is 1.67 bits per heavy atom. The molecule has 0 radical (unpaired) electrons. The van der Waals surface area contributed by atoms with Crippen molar-refractivity contribution in [3.05, 3.63) is 0 Å². The van der Waals surface area contributed by atoms with Crippen LogP contribution in [0, 0.1) is 0 Å². The highest BCUT2D eigenvalue weighted by molar-refractivity contribution is 6.57. The van der Waals surface area contributed by atoms with E-state index in [2.05, 4.69) is 0 Å². The number of carbonyl (C=O) groups excluding carboxylic acids is 1. The van der Waals surface area contributed by atoms with E-state index in [1.54, 1.807) is 0 Å². The number of halogens is 2. The summed E-state index contributed by atoms with van der Waals surface area (Å²) in [6.45, 7) is -0.254. The SMILES string of the molecule is NC(=O)C(Cl)(Cl)CCO. The largest absolute Gasteiger partial charge is 0.396 e. The molecule has 0 saturated heterocycles. The number of hydrogen-bond donors (Lipinski definition) is 2. The molecular formula is C4H7Cl2NO2. The lowest BCUT2D eigenvalue weighted by molar-refractivity contribution is -0.118. The van der Waals surface area contributed by atoms with Crippen LogP contribution < -0.4 is 5.73 Å². The van der Waals surface area contributed by atoms with Gasteiger partial charge in [-0.15, -0.1) is 0 Å². The van der Waals surface area contributed by atoms with Gasteiger partial charge in [-0.1, -0.05) is 23.2 Å². The molecule has 3 N–H and O–H groups in total. The number of hydrogen-bond acceptors (Lipinski definition) is 2. The number of aliphatic hydroxyl groups is 1. The first kappa shape index (κ1) is 9.01. The molecule has 0 aliphatic carbocycles. The third-order valence-corrected chi connectivity index (χ3v) is 1.54. The van der Waals surface area contributed by atoms with Gasteiger partial charge in [-0.05, 0) is 0 Å². The van der Waals surface area contributed by atoms with Gasteiger partial charge >= 0.3 is 0 Å². The van der Waals surface area contributed by atoms with E-state index in [0.29, 0.717) is 0 Å². The normalized spacial score (nSPS) is 11.4. The van der Waals surface area contributed by atoms with Crippen LogP contribution in [-0.4, -0.2) is 22.0 Å². The predicted molar refractivity (Wildman–Crippen MR) is 35.3 cm³/mol. The molecule has 0 aromatic heterocycles. The lowest BCUT2D eigenvalue weighted by Gasteiger charge is -2.11. The van der Waals surface area contributed by atoms with Crippen LogP contribution in [0.2, 0.25) is 0 Å². The molecule has 54 valence electrons. The van der Waals surface area contributed by atoms with E-state index in [0.717, 1.165) is 0 Å². The Labute approximate surface area is 62.7 Å². The van der Waals surface area contributed by atoms with Crippen molar-refractivity contribution in [2.45, 2.75) is 10.8 Å². The fourth-order valence-electron chi connectivity index (χ4n) is 0.264. The quantitative estimate of drug-likeness (QED) is 0.589. The van der Waals surface area contributed by atoms with Crippen molar-refractivity contribution in [1.82, 2.24) is 0 Å². The summed E-state index contributed by atoms with van der Waals surface area (Å²) >= 11 is 10.6. The molecule has 9 heavy (non-hydrogen) atoms. The minimum atomic E-state index is -1.62. The van der Waals surface area contributed by atoms with Crippen LogP contribution in [0.5, 0.6) is 0 Å². The lowest BCUT2D eigenvalue weighted by Crippen LogP contribution is -2.33. The van der Waals surface area contributed by atoms with Gasteiger partial charge in [0.25, 0.3) is 5.91 Å². The predicted octanol–water partition coefficient (Wildman–Crippen LogP) is 0.0280. The summed E-state index contributed by atoms with van der Waals surface area (Å²) < 4.78 is -1.62. The van der Waals surface area contributed by atoms with E-state index in [9.17, 15) is 4.79 Å². The first-order chi connectivity index (χ1) is 4.00. The van der Waals surface area contributed by atoms with Crippen molar-refractivity contribution >= 4 is 29.1 Å². The van der Waals surface area contributed by atoms with Crippen LogP contribution >= 0.6 is 23.2 Å². The van der Waals surface area contributed by atoms with E-state index in [1.807, 2.05) is 0 Å². The second-order valence-corrected chi connectivity index (χ2v) is 3.03. The topological polar surface area (TPSA) is 63.3 Å². The second kappa shape index (κ2) is 3.25. The first-order valence-electron chi connectivity index (χ1n) is 2.29. The molecule has 0 atom stereocenters. The summed E-state index contributed by atoms with van der Waals surface area (Å²) in [4.78, 5) is 10.3. The van der Waals surface area contributed by atoms with E-state index >= 15 is 0 Å². The number of nitrogens with two attached hydrogens (primary N) is 1. The number of primary amides is 1. The van der Waals surface area contributed by atoms with Gasteiger partial charge in [-0.2, -0.15) is 0 Å². The molecule has 0 aliphatic heterocycles. The van der Waals surface area contributed by atoms with Crippen LogP contribution in [0.1, 0.15) is 6.42 Å². The lowest BCUT2D eigenvalue weighted by atomic mass is 10.3. The van der Waals surface area contributed by atoms with Crippen molar-refractivity contribution in [1.29, 1.82) is 0 Å². The maximum Gasteiger partial charge on any atom is 0.253 e.